The number of hydrogen-bond donors (Lipinski definition) is 2. The number of methoxy groups -OCH3 is 1. The second-order valence-electron chi connectivity index (χ2n) is 4.39. The predicted octanol–water partition coefficient (Wildman–Crippen LogP) is 1.87. The van der Waals surface area contributed by atoms with Gasteiger partial charge in [0.05, 0.1) is 19.3 Å². The van der Waals surface area contributed by atoms with Gasteiger partial charge in [-0.1, -0.05) is 6.07 Å². The number of nitrogens with zero attached hydrogens (tertiary/aromatic N) is 2. The summed E-state index contributed by atoms with van der Waals surface area (Å²) in [5.41, 5.74) is 0.653. The topological polar surface area (TPSA) is 85.4 Å². The van der Waals surface area contributed by atoms with E-state index < -0.39 is 0 Å². The molecule has 2 aromatic rings. The molecular weight excluding hydrogens is 320 g/mol. The van der Waals surface area contributed by atoms with Gasteiger partial charge >= 0.3 is 0 Å². The minimum Gasteiger partial charge on any atom is -0.437 e. The first-order valence-corrected chi connectivity index (χ1v) is 6.81. The fourth-order valence-corrected chi connectivity index (χ4v) is 1.68. The first-order valence-electron chi connectivity index (χ1n) is 6.81. The van der Waals surface area contributed by atoms with Crippen LogP contribution in [0.3, 0.4) is 0 Å². The highest BCUT2D eigenvalue weighted by atomic mass is 35.5. The number of ether oxygens (including phenoxy) is 2. The summed E-state index contributed by atoms with van der Waals surface area (Å²) in [6.07, 6.45) is 4.64. The Labute approximate surface area is 140 Å². The molecule has 0 aliphatic carbocycles. The zero-order chi connectivity index (χ0) is 15.6. The first kappa shape index (κ1) is 18.8. The maximum absolute atomic E-state index is 11.8. The van der Waals surface area contributed by atoms with Crippen LogP contribution in [0.5, 0.6) is 11.6 Å². The zero-order valence-electron chi connectivity index (χ0n) is 12.7. The van der Waals surface area contributed by atoms with Gasteiger partial charge in [-0.3, -0.25) is 9.78 Å². The van der Waals surface area contributed by atoms with E-state index in [1.165, 1.54) is 6.20 Å². The molecule has 0 radical (unpaired) electrons. The van der Waals surface area contributed by atoms with Crippen molar-refractivity contribution in [3.05, 3.63) is 42.9 Å². The monoisotopic (exact) mass is 338 g/mol. The summed E-state index contributed by atoms with van der Waals surface area (Å²) in [7, 11) is 1.62. The number of hydrogen-bond acceptors (Lipinski definition) is 6. The van der Waals surface area contributed by atoms with Crippen LogP contribution < -0.4 is 15.4 Å². The van der Waals surface area contributed by atoms with Crippen molar-refractivity contribution < 1.29 is 14.3 Å². The molecule has 0 bridgehead atoms. The van der Waals surface area contributed by atoms with E-state index in [1.54, 1.807) is 43.8 Å². The van der Waals surface area contributed by atoms with Crippen molar-refractivity contribution in [2.24, 2.45) is 0 Å². The molecule has 0 unspecified atom stereocenters. The third kappa shape index (κ3) is 7.05. The van der Waals surface area contributed by atoms with E-state index in [-0.39, 0.29) is 24.9 Å². The van der Waals surface area contributed by atoms with Gasteiger partial charge in [0.15, 0.2) is 0 Å². The van der Waals surface area contributed by atoms with Crippen molar-refractivity contribution in [1.82, 2.24) is 15.3 Å². The van der Waals surface area contributed by atoms with Gasteiger partial charge in [0.25, 0.3) is 0 Å². The molecule has 1 aromatic heterocycles. The second kappa shape index (κ2) is 10.5. The van der Waals surface area contributed by atoms with Crippen molar-refractivity contribution in [2.45, 2.75) is 0 Å². The number of carbonyl (C=O) groups excluding carboxylic acids is 1. The second-order valence-corrected chi connectivity index (χ2v) is 4.39. The number of carbonyl (C=O) groups is 1. The quantitative estimate of drug-likeness (QED) is 0.715. The van der Waals surface area contributed by atoms with Gasteiger partial charge in [-0.05, 0) is 12.1 Å². The molecule has 2 N–H and O–H groups in total. The Morgan fingerprint density at radius 3 is 2.91 bits per heavy atom. The number of rotatable bonds is 8. The first-order chi connectivity index (χ1) is 10.8. The fraction of sp³-hybridized carbons (Fsp3) is 0.267. The normalized spacial score (nSPS) is 9.78. The molecule has 2 rings (SSSR count). The summed E-state index contributed by atoms with van der Waals surface area (Å²) in [5, 5.41) is 5.76. The molecular formula is C15H19ClN4O3. The van der Waals surface area contributed by atoms with E-state index >= 15 is 0 Å². The van der Waals surface area contributed by atoms with Gasteiger partial charge in [0.1, 0.15) is 5.75 Å². The Morgan fingerprint density at radius 1 is 1.30 bits per heavy atom. The summed E-state index contributed by atoms with van der Waals surface area (Å²) in [6, 6.07) is 7.08. The lowest BCUT2D eigenvalue weighted by Crippen LogP contribution is -2.30. The maximum Gasteiger partial charge on any atom is 0.238 e. The molecule has 1 heterocycles. The van der Waals surface area contributed by atoms with Crippen LogP contribution in [-0.4, -0.2) is 42.7 Å². The number of anilines is 1. The molecule has 1 aromatic carbocycles. The molecule has 0 aliphatic rings. The van der Waals surface area contributed by atoms with Gasteiger partial charge in [-0.2, -0.15) is 0 Å². The third-order valence-electron chi connectivity index (χ3n) is 2.65. The highest BCUT2D eigenvalue weighted by Gasteiger charge is 2.04. The van der Waals surface area contributed by atoms with Crippen molar-refractivity contribution in [3.63, 3.8) is 0 Å². The van der Waals surface area contributed by atoms with Gasteiger partial charge in [-0.25, -0.2) is 4.98 Å². The van der Waals surface area contributed by atoms with Crippen LogP contribution >= 0.6 is 12.4 Å². The minimum atomic E-state index is -0.132. The highest BCUT2D eigenvalue weighted by Crippen LogP contribution is 2.21. The number of benzene rings is 1. The van der Waals surface area contributed by atoms with Crippen molar-refractivity contribution in [1.29, 1.82) is 0 Å². The van der Waals surface area contributed by atoms with Crippen LogP contribution in [-0.2, 0) is 9.53 Å². The largest absolute Gasteiger partial charge is 0.437 e. The van der Waals surface area contributed by atoms with Crippen molar-refractivity contribution in [3.8, 4) is 11.6 Å². The highest BCUT2D eigenvalue weighted by molar-refractivity contribution is 5.92. The summed E-state index contributed by atoms with van der Waals surface area (Å²) in [6.45, 7) is 1.41. The van der Waals surface area contributed by atoms with Crippen LogP contribution in [0.2, 0.25) is 0 Å². The number of nitrogens with one attached hydrogen (secondary N) is 2. The molecule has 0 fully saturated rings. The van der Waals surface area contributed by atoms with Crippen LogP contribution in [0.1, 0.15) is 0 Å². The lowest BCUT2D eigenvalue weighted by molar-refractivity contribution is -0.115. The van der Waals surface area contributed by atoms with Crippen LogP contribution in [0.25, 0.3) is 0 Å². The Hall–Kier alpha value is -2.22. The van der Waals surface area contributed by atoms with E-state index in [2.05, 4.69) is 20.6 Å². The predicted molar refractivity (Wildman–Crippen MR) is 89.2 cm³/mol. The molecule has 8 heteroatoms. The average molecular weight is 339 g/mol. The van der Waals surface area contributed by atoms with Crippen LogP contribution in [0.4, 0.5) is 5.69 Å². The summed E-state index contributed by atoms with van der Waals surface area (Å²) >= 11 is 0. The number of aromatic nitrogens is 2. The molecule has 0 saturated heterocycles. The van der Waals surface area contributed by atoms with Crippen molar-refractivity contribution >= 4 is 24.0 Å². The van der Waals surface area contributed by atoms with E-state index in [0.717, 1.165) is 0 Å². The summed E-state index contributed by atoms with van der Waals surface area (Å²) < 4.78 is 10.4. The Morgan fingerprint density at radius 2 is 2.17 bits per heavy atom. The Bertz CT molecular complexity index is 598. The van der Waals surface area contributed by atoms with E-state index in [4.69, 9.17) is 9.47 Å². The molecule has 0 atom stereocenters. The fourth-order valence-electron chi connectivity index (χ4n) is 1.68. The van der Waals surface area contributed by atoms with Gasteiger partial charge < -0.3 is 20.1 Å². The molecule has 1 amide bonds. The average Bonchev–Trinajstić information content (AvgIpc) is 2.53. The van der Waals surface area contributed by atoms with Crippen molar-refractivity contribution in [2.75, 3.05) is 32.1 Å². The zero-order valence-corrected chi connectivity index (χ0v) is 13.5. The lowest BCUT2D eigenvalue weighted by Gasteiger charge is -2.08. The van der Waals surface area contributed by atoms with E-state index in [9.17, 15) is 4.79 Å². The Kier molecular flexibility index (Phi) is 8.59. The van der Waals surface area contributed by atoms with Gasteiger partial charge in [0.2, 0.25) is 11.8 Å². The van der Waals surface area contributed by atoms with E-state index in [0.29, 0.717) is 30.5 Å². The smallest absolute Gasteiger partial charge is 0.238 e. The SMILES string of the molecule is COCCNCC(=O)Nc1cccc(Oc2cnccn2)c1.Cl. The Balaban J connectivity index is 0.00000264. The molecule has 0 aliphatic heterocycles. The third-order valence-corrected chi connectivity index (χ3v) is 2.65. The molecule has 7 nitrogen and oxygen atoms in total. The maximum atomic E-state index is 11.8. The summed E-state index contributed by atoms with van der Waals surface area (Å²) in [4.78, 5) is 19.7. The summed E-state index contributed by atoms with van der Waals surface area (Å²) in [5.74, 6) is 0.839. The number of amides is 1. The van der Waals surface area contributed by atoms with Crippen LogP contribution in [0, 0.1) is 0 Å². The standard InChI is InChI=1S/C15H18N4O3.ClH/c1-21-8-7-17-10-14(20)19-12-3-2-4-13(9-12)22-15-11-16-5-6-18-15;/h2-6,9,11,17H,7-8,10H2,1H3,(H,19,20);1H. The molecule has 0 spiro atoms. The molecule has 23 heavy (non-hydrogen) atoms. The van der Waals surface area contributed by atoms with Gasteiger partial charge in [-0.15, -0.1) is 12.4 Å². The lowest BCUT2D eigenvalue weighted by atomic mass is 10.3. The molecule has 0 saturated carbocycles. The molecule has 124 valence electrons. The van der Waals surface area contributed by atoms with Gasteiger partial charge in [0, 0.05) is 37.8 Å². The van der Waals surface area contributed by atoms with Crippen LogP contribution in [0.15, 0.2) is 42.9 Å². The van der Waals surface area contributed by atoms with E-state index in [1.807, 2.05) is 0 Å². The minimum absolute atomic E-state index is 0. The number of halogens is 1.